The number of carbonyl (C=O) groups excluding carboxylic acids is 1. The molecule has 0 aliphatic heterocycles. The molecule has 4 heteroatoms. The fraction of sp³-hybridized carbons (Fsp3) is 0.312. The monoisotopic (exact) mass is 275 g/mol. The third kappa shape index (κ3) is 3.33. The highest BCUT2D eigenvalue weighted by Crippen LogP contribution is 2.21. The number of halogens is 1. The first-order valence-electron chi connectivity index (χ1n) is 6.73. The smallest absolute Gasteiger partial charge is 0.251 e. The zero-order valence-electron chi connectivity index (χ0n) is 11.4. The van der Waals surface area contributed by atoms with Crippen LogP contribution in [0.4, 0.5) is 4.39 Å². The number of nitrogens with one attached hydrogen (secondary N) is 1. The van der Waals surface area contributed by atoms with Crippen molar-refractivity contribution < 1.29 is 14.3 Å². The molecular weight excluding hydrogens is 257 g/mol. The van der Waals surface area contributed by atoms with Gasteiger partial charge in [0.25, 0.3) is 5.91 Å². The third-order valence-electron chi connectivity index (χ3n) is 3.20. The maximum absolute atomic E-state index is 13.7. The van der Waals surface area contributed by atoms with Gasteiger partial charge < -0.3 is 10.4 Å². The van der Waals surface area contributed by atoms with Crippen LogP contribution in [0.25, 0.3) is 10.8 Å². The summed E-state index contributed by atoms with van der Waals surface area (Å²) in [7, 11) is 0. The Labute approximate surface area is 117 Å². The van der Waals surface area contributed by atoms with Crippen molar-refractivity contribution in [2.75, 3.05) is 6.54 Å². The zero-order valence-corrected chi connectivity index (χ0v) is 11.4. The number of aliphatic hydroxyl groups is 1. The van der Waals surface area contributed by atoms with Gasteiger partial charge in [-0.25, -0.2) is 4.39 Å². The van der Waals surface area contributed by atoms with E-state index in [4.69, 9.17) is 5.11 Å². The molecule has 3 nitrogen and oxygen atoms in total. The van der Waals surface area contributed by atoms with Gasteiger partial charge in [-0.3, -0.25) is 4.79 Å². The number of benzene rings is 2. The Morgan fingerprint density at radius 3 is 2.65 bits per heavy atom. The van der Waals surface area contributed by atoms with Gasteiger partial charge in [0.15, 0.2) is 0 Å². The molecule has 2 aromatic rings. The van der Waals surface area contributed by atoms with Gasteiger partial charge in [-0.1, -0.05) is 24.3 Å². The lowest BCUT2D eigenvalue weighted by Crippen LogP contribution is -2.25. The molecule has 0 aromatic heterocycles. The molecule has 2 aromatic carbocycles. The Hall–Kier alpha value is -1.94. The van der Waals surface area contributed by atoms with Gasteiger partial charge in [0.1, 0.15) is 5.82 Å². The number of hydrogen-bond acceptors (Lipinski definition) is 2. The molecule has 20 heavy (non-hydrogen) atoms. The van der Waals surface area contributed by atoms with Crippen molar-refractivity contribution in [2.24, 2.45) is 0 Å². The maximum Gasteiger partial charge on any atom is 0.251 e. The van der Waals surface area contributed by atoms with Crippen molar-refractivity contribution in [3.05, 3.63) is 47.8 Å². The van der Waals surface area contributed by atoms with Crippen LogP contribution in [0.3, 0.4) is 0 Å². The number of hydrogen-bond donors (Lipinski definition) is 2. The summed E-state index contributed by atoms with van der Waals surface area (Å²) in [5.41, 5.74) is 0.471. The van der Waals surface area contributed by atoms with E-state index in [1.54, 1.807) is 31.2 Å². The van der Waals surface area contributed by atoms with Crippen LogP contribution in [0.5, 0.6) is 0 Å². The highest BCUT2D eigenvalue weighted by atomic mass is 19.1. The molecule has 0 saturated heterocycles. The van der Waals surface area contributed by atoms with Crippen LogP contribution in [-0.4, -0.2) is 23.7 Å². The molecule has 0 saturated carbocycles. The van der Waals surface area contributed by atoms with Crippen LogP contribution in [0.15, 0.2) is 36.4 Å². The van der Waals surface area contributed by atoms with Gasteiger partial charge >= 0.3 is 0 Å². The average molecular weight is 275 g/mol. The van der Waals surface area contributed by atoms with Crippen molar-refractivity contribution in [3.8, 4) is 0 Å². The van der Waals surface area contributed by atoms with E-state index in [-0.39, 0.29) is 17.8 Å². The number of carbonyl (C=O) groups is 1. The molecule has 1 amide bonds. The van der Waals surface area contributed by atoms with Crippen LogP contribution in [-0.2, 0) is 0 Å². The first kappa shape index (κ1) is 14.5. The molecule has 0 aliphatic carbocycles. The van der Waals surface area contributed by atoms with Crippen LogP contribution in [0.1, 0.15) is 30.1 Å². The average Bonchev–Trinajstić information content (AvgIpc) is 2.44. The quantitative estimate of drug-likeness (QED) is 0.824. The predicted molar refractivity (Wildman–Crippen MR) is 77.2 cm³/mol. The topological polar surface area (TPSA) is 49.3 Å². The van der Waals surface area contributed by atoms with Crippen molar-refractivity contribution in [3.63, 3.8) is 0 Å². The maximum atomic E-state index is 13.7. The first-order chi connectivity index (χ1) is 9.59. The summed E-state index contributed by atoms with van der Waals surface area (Å²) in [6, 6.07) is 9.74. The second kappa shape index (κ2) is 6.48. The van der Waals surface area contributed by atoms with E-state index >= 15 is 0 Å². The van der Waals surface area contributed by atoms with Gasteiger partial charge in [-0.15, -0.1) is 0 Å². The second-order valence-electron chi connectivity index (χ2n) is 4.89. The van der Waals surface area contributed by atoms with E-state index in [0.717, 1.165) is 0 Å². The molecule has 0 heterocycles. The summed E-state index contributed by atoms with van der Waals surface area (Å²) in [5, 5.41) is 13.0. The van der Waals surface area contributed by atoms with Crippen molar-refractivity contribution in [2.45, 2.75) is 25.9 Å². The number of fused-ring (bicyclic) bond motifs is 1. The van der Waals surface area contributed by atoms with Crippen molar-refractivity contribution in [1.82, 2.24) is 5.32 Å². The molecule has 0 spiro atoms. The Morgan fingerprint density at radius 2 is 1.95 bits per heavy atom. The second-order valence-corrected chi connectivity index (χ2v) is 4.89. The standard InChI is InChI=1S/C16H18FNO2/c1-11(19)5-4-10-18-16(20)14-8-9-15(17)13-7-3-2-6-12(13)14/h2-3,6-9,11,19H,4-5,10H2,1H3,(H,18,20). The number of aliphatic hydroxyl groups excluding tert-OH is 1. The lowest BCUT2D eigenvalue weighted by Gasteiger charge is -2.09. The molecular formula is C16H18FNO2. The highest BCUT2D eigenvalue weighted by Gasteiger charge is 2.11. The fourth-order valence-corrected chi connectivity index (χ4v) is 2.15. The van der Waals surface area contributed by atoms with E-state index < -0.39 is 0 Å². The summed E-state index contributed by atoms with van der Waals surface area (Å²) in [6.07, 6.45) is 0.992. The van der Waals surface area contributed by atoms with Gasteiger partial charge in [0, 0.05) is 17.5 Å². The van der Waals surface area contributed by atoms with E-state index in [0.29, 0.717) is 35.7 Å². The van der Waals surface area contributed by atoms with Crippen LogP contribution in [0, 0.1) is 5.82 Å². The van der Waals surface area contributed by atoms with E-state index in [2.05, 4.69) is 5.32 Å². The number of amides is 1. The Bertz CT molecular complexity index is 610. The minimum absolute atomic E-state index is 0.216. The first-order valence-corrected chi connectivity index (χ1v) is 6.73. The highest BCUT2D eigenvalue weighted by molar-refractivity contribution is 6.07. The summed E-state index contributed by atoms with van der Waals surface area (Å²) in [6.45, 7) is 2.21. The molecule has 0 fully saturated rings. The fourth-order valence-electron chi connectivity index (χ4n) is 2.15. The summed E-state index contributed by atoms with van der Waals surface area (Å²) in [5.74, 6) is -0.543. The van der Waals surface area contributed by atoms with Crippen LogP contribution >= 0.6 is 0 Å². The Balaban J connectivity index is 2.12. The normalized spacial score (nSPS) is 12.3. The number of rotatable bonds is 5. The Morgan fingerprint density at radius 1 is 1.25 bits per heavy atom. The van der Waals surface area contributed by atoms with Crippen LogP contribution < -0.4 is 5.32 Å². The molecule has 1 unspecified atom stereocenters. The molecule has 0 bridgehead atoms. The Kier molecular flexibility index (Phi) is 4.69. The minimum atomic E-state index is -0.362. The molecule has 1 atom stereocenters. The largest absolute Gasteiger partial charge is 0.393 e. The molecule has 2 rings (SSSR count). The van der Waals surface area contributed by atoms with E-state index in [1.807, 2.05) is 0 Å². The van der Waals surface area contributed by atoms with Gasteiger partial charge in [0.05, 0.1) is 6.10 Å². The van der Waals surface area contributed by atoms with Crippen molar-refractivity contribution in [1.29, 1.82) is 0 Å². The zero-order chi connectivity index (χ0) is 14.5. The lowest BCUT2D eigenvalue weighted by atomic mass is 10.0. The van der Waals surface area contributed by atoms with Gasteiger partial charge in [-0.2, -0.15) is 0 Å². The predicted octanol–water partition coefficient (Wildman–Crippen LogP) is 2.87. The summed E-state index contributed by atoms with van der Waals surface area (Å²) in [4.78, 5) is 12.1. The molecule has 2 N–H and O–H groups in total. The minimum Gasteiger partial charge on any atom is -0.393 e. The van der Waals surface area contributed by atoms with Gasteiger partial charge in [-0.05, 0) is 37.3 Å². The summed E-state index contributed by atoms with van der Waals surface area (Å²) < 4.78 is 13.7. The SMILES string of the molecule is CC(O)CCCNC(=O)c1ccc(F)c2ccccc12. The molecule has 0 aliphatic rings. The van der Waals surface area contributed by atoms with Crippen molar-refractivity contribution >= 4 is 16.7 Å². The summed E-state index contributed by atoms with van der Waals surface area (Å²) >= 11 is 0. The van der Waals surface area contributed by atoms with Gasteiger partial charge in [0.2, 0.25) is 0 Å². The molecule has 106 valence electrons. The third-order valence-corrected chi connectivity index (χ3v) is 3.20. The lowest BCUT2D eigenvalue weighted by molar-refractivity contribution is 0.0951. The van der Waals surface area contributed by atoms with E-state index in [9.17, 15) is 9.18 Å². The van der Waals surface area contributed by atoms with E-state index in [1.165, 1.54) is 12.1 Å². The van der Waals surface area contributed by atoms with Crippen LogP contribution in [0.2, 0.25) is 0 Å². The molecule has 0 radical (unpaired) electrons.